The van der Waals surface area contributed by atoms with Crippen molar-refractivity contribution < 1.29 is 28.2 Å². The van der Waals surface area contributed by atoms with Crippen LogP contribution in [0.15, 0.2) is 80.4 Å². The van der Waals surface area contributed by atoms with Crippen LogP contribution in [0.2, 0.25) is 5.04 Å². The fourth-order valence-corrected chi connectivity index (χ4v) is 9.04. The lowest BCUT2D eigenvalue weighted by Crippen LogP contribution is -2.66. The van der Waals surface area contributed by atoms with Crippen LogP contribution in [0.25, 0.3) is 0 Å². The molecule has 0 bridgehead atoms. The second-order valence-corrected chi connectivity index (χ2v) is 14.0. The largest absolute Gasteiger partial charge is 0.483 e. The van der Waals surface area contributed by atoms with Crippen molar-refractivity contribution in [2.24, 2.45) is 0 Å². The standard InChI is InChI=1S/C26H29BrO7Si/c1-26(2,3)35(19-10-6-4-7-11-19,20-12-8-5-9-13-20)33-17-15-31-14-16-32-23-21(27)18-22(24(28)29)34-25(23)30/h4-13,18H,14-17H2,1-3H3,(H,28,29). The van der Waals surface area contributed by atoms with Crippen LogP contribution in [-0.2, 0) is 9.16 Å². The number of halogens is 1. The highest BCUT2D eigenvalue weighted by atomic mass is 79.9. The fraction of sp³-hybridized carbons (Fsp3) is 0.308. The summed E-state index contributed by atoms with van der Waals surface area (Å²) in [6.45, 7) is 7.70. The molecular formula is C26H29BrO7Si. The molecule has 0 spiro atoms. The molecule has 186 valence electrons. The number of ether oxygens (including phenoxy) is 2. The Morgan fingerprint density at radius 3 is 1.97 bits per heavy atom. The number of hydrogen-bond donors (Lipinski definition) is 1. The number of benzene rings is 2. The average Bonchev–Trinajstić information content (AvgIpc) is 2.82. The summed E-state index contributed by atoms with van der Waals surface area (Å²) in [4.78, 5) is 22.9. The van der Waals surface area contributed by atoms with Crippen LogP contribution >= 0.6 is 15.9 Å². The molecule has 1 heterocycles. The predicted molar refractivity (Wildman–Crippen MR) is 140 cm³/mol. The van der Waals surface area contributed by atoms with Gasteiger partial charge < -0.3 is 23.4 Å². The van der Waals surface area contributed by atoms with E-state index in [2.05, 4.69) is 61.0 Å². The molecule has 0 fully saturated rings. The predicted octanol–water partition coefficient (Wildman–Crippen LogP) is 4.07. The van der Waals surface area contributed by atoms with Crippen LogP contribution in [0.1, 0.15) is 31.3 Å². The molecule has 0 saturated carbocycles. The molecule has 0 saturated heterocycles. The lowest BCUT2D eigenvalue weighted by molar-refractivity contribution is 0.0649. The zero-order valence-corrected chi connectivity index (χ0v) is 22.5. The molecule has 1 aromatic heterocycles. The highest BCUT2D eigenvalue weighted by Crippen LogP contribution is 2.36. The molecule has 35 heavy (non-hydrogen) atoms. The minimum atomic E-state index is -2.62. The van der Waals surface area contributed by atoms with E-state index in [9.17, 15) is 9.59 Å². The number of carbonyl (C=O) groups is 1. The Morgan fingerprint density at radius 1 is 0.943 bits per heavy atom. The van der Waals surface area contributed by atoms with Gasteiger partial charge in [0.2, 0.25) is 11.5 Å². The number of carboxylic acid groups (broad SMARTS) is 1. The van der Waals surface area contributed by atoms with Gasteiger partial charge in [-0.05, 0) is 31.3 Å². The summed E-state index contributed by atoms with van der Waals surface area (Å²) in [5.41, 5.74) is -0.869. The summed E-state index contributed by atoms with van der Waals surface area (Å²) in [6.07, 6.45) is 0. The van der Waals surface area contributed by atoms with E-state index in [1.807, 2.05) is 36.4 Å². The first-order valence-electron chi connectivity index (χ1n) is 11.2. The van der Waals surface area contributed by atoms with E-state index in [0.29, 0.717) is 13.2 Å². The van der Waals surface area contributed by atoms with Gasteiger partial charge in [-0.1, -0.05) is 81.4 Å². The maximum Gasteiger partial charge on any atom is 0.380 e. The van der Waals surface area contributed by atoms with Gasteiger partial charge in [0.25, 0.3) is 8.32 Å². The SMILES string of the molecule is CC(C)(C)[Si](OCCOCCOc1c(Br)cc(C(=O)O)oc1=O)(c1ccccc1)c1ccccc1. The minimum absolute atomic E-state index is 0.0923. The summed E-state index contributed by atoms with van der Waals surface area (Å²) in [7, 11) is -2.62. The van der Waals surface area contributed by atoms with Crippen LogP contribution in [0.3, 0.4) is 0 Å². The summed E-state index contributed by atoms with van der Waals surface area (Å²) < 4.78 is 22.8. The topological polar surface area (TPSA) is 95.2 Å². The van der Waals surface area contributed by atoms with Gasteiger partial charge >= 0.3 is 11.6 Å². The Morgan fingerprint density at radius 2 is 1.49 bits per heavy atom. The molecule has 7 nitrogen and oxygen atoms in total. The van der Waals surface area contributed by atoms with E-state index in [1.165, 1.54) is 16.4 Å². The summed E-state index contributed by atoms with van der Waals surface area (Å²) in [5.74, 6) is -1.90. The van der Waals surface area contributed by atoms with Gasteiger partial charge in [0, 0.05) is 6.07 Å². The van der Waals surface area contributed by atoms with Crippen molar-refractivity contribution in [2.75, 3.05) is 26.4 Å². The molecule has 0 amide bonds. The zero-order chi connectivity index (χ0) is 25.5. The third kappa shape index (κ3) is 6.29. The number of rotatable bonds is 11. The highest BCUT2D eigenvalue weighted by molar-refractivity contribution is 9.10. The lowest BCUT2D eigenvalue weighted by atomic mass is 10.2. The molecule has 0 atom stereocenters. The van der Waals surface area contributed by atoms with Crippen LogP contribution in [0.4, 0.5) is 0 Å². The van der Waals surface area contributed by atoms with Gasteiger partial charge in [0.15, 0.2) is 0 Å². The Labute approximate surface area is 213 Å². The molecule has 3 aromatic rings. The highest BCUT2D eigenvalue weighted by Gasteiger charge is 2.49. The maximum absolute atomic E-state index is 12.0. The van der Waals surface area contributed by atoms with Gasteiger partial charge in [-0.3, -0.25) is 0 Å². The fourth-order valence-electron chi connectivity index (χ4n) is 4.01. The van der Waals surface area contributed by atoms with Crippen molar-refractivity contribution in [1.82, 2.24) is 0 Å². The zero-order valence-electron chi connectivity index (χ0n) is 20.0. The van der Waals surface area contributed by atoms with Gasteiger partial charge in [-0.2, -0.15) is 0 Å². The molecule has 0 radical (unpaired) electrons. The molecule has 0 aliphatic heterocycles. The molecule has 3 rings (SSSR count). The van der Waals surface area contributed by atoms with Crippen molar-refractivity contribution in [3.63, 3.8) is 0 Å². The quantitative estimate of drug-likeness (QED) is 0.279. The molecule has 0 aliphatic rings. The third-order valence-electron chi connectivity index (χ3n) is 5.51. The van der Waals surface area contributed by atoms with Gasteiger partial charge in [-0.15, -0.1) is 0 Å². The minimum Gasteiger partial charge on any atom is -0.483 e. The van der Waals surface area contributed by atoms with Gasteiger partial charge in [0.1, 0.15) is 6.61 Å². The Kier molecular flexibility index (Phi) is 9.07. The monoisotopic (exact) mass is 560 g/mol. The van der Waals surface area contributed by atoms with Gasteiger partial charge in [-0.25, -0.2) is 9.59 Å². The summed E-state index contributed by atoms with van der Waals surface area (Å²) in [6, 6.07) is 21.9. The second-order valence-electron chi connectivity index (χ2n) is 8.85. The van der Waals surface area contributed by atoms with Crippen molar-refractivity contribution >= 4 is 40.6 Å². The molecule has 1 N–H and O–H groups in total. The van der Waals surface area contributed by atoms with Crippen LogP contribution in [0.5, 0.6) is 5.75 Å². The molecule has 9 heteroatoms. The lowest BCUT2D eigenvalue weighted by Gasteiger charge is -2.43. The van der Waals surface area contributed by atoms with Crippen LogP contribution in [-0.4, -0.2) is 45.8 Å². The van der Waals surface area contributed by atoms with E-state index in [4.69, 9.17) is 23.4 Å². The van der Waals surface area contributed by atoms with Crippen molar-refractivity contribution in [3.8, 4) is 5.75 Å². The Balaban J connectivity index is 1.62. The first-order chi connectivity index (χ1) is 16.7. The van der Waals surface area contributed by atoms with E-state index in [1.54, 1.807) is 0 Å². The smallest absolute Gasteiger partial charge is 0.380 e. The van der Waals surface area contributed by atoms with Crippen LogP contribution in [0, 0.1) is 0 Å². The summed E-state index contributed by atoms with van der Waals surface area (Å²) >= 11 is 3.14. The second kappa shape index (κ2) is 11.8. The van der Waals surface area contributed by atoms with E-state index in [-0.39, 0.29) is 28.5 Å². The number of aromatic carboxylic acids is 1. The Hall–Kier alpha value is -2.72. The normalized spacial score (nSPS) is 11.9. The van der Waals surface area contributed by atoms with Crippen molar-refractivity contribution in [3.05, 3.63) is 87.4 Å². The first kappa shape index (κ1) is 26.9. The van der Waals surface area contributed by atoms with Gasteiger partial charge in [0.05, 0.1) is 24.3 Å². The maximum atomic E-state index is 12.0. The third-order valence-corrected chi connectivity index (χ3v) is 11.1. The molecule has 0 unspecified atom stereocenters. The average molecular weight is 562 g/mol. The van der Waals surface area contributed by atoms with E-state index >= 15 is 0 Å². The number of carboxylic acids is 1. The molecular weight excluding hydrogens is 532 g/mol. The van der Waals surface area contributed by atoms with Crippen LogP contribution < -0.4 is 20.7 Å². The summed E-state index contributed by atoms with van der Waals surface area (Å²) in [5, 5.41) is 11.2. The first-order valence-corrected chi connectivity index (χ1v) is 13.9. The Bertz CT molecular complexity index is 1130. The van der Waals surface area contributed by atoms with E-state index < -0.39 is 25.7 Å². The molecule has 2 aromatic carbocycles. The van der Waals surface area contributed by atoms with Crippen molar-refractivity contribution in [2.45, 2.75) is 25.8 Å². The van der Waals surface area contributed by atoms with Crippen molar-refractivity contribution in [1.29, 1.82) is 0 Å². The molecule has 0 aliphatic carbocycles. The number of hydrogen-bond acceptors (Lipinski definition) is 6. The van der Waals surface area contributed by atoms with E-state index in [0.717, 1.165) is 0 Å².